The molecular formula is C31H38O5. The number of rotatable bonds is 6. The second-order valence-electron chi connectivity index (χ2n) is 8.00. The number of hydrogen-bond acceptors (Lipinski definition) is 5. The van der Waals surface area contributed by atoms with E-state index in [1.807, 2.05) is 58.0 Å². The van der Waals surface area contributed by atoms with Crippen LogP contribution in [0.15, 0.2) is 66.7 Å². The monoisotopic (exact) mass is 490 g/mol. The first-order valence-electron chi connectivity index (χ1n) is 12.8. The summed E-state index contributed by atoms with van der Waals surface area (Å²) in [4.78, 5) is 0. The van der Waals surface area contributed by atoms with Crippen molar-refractivity contribution in [2.45, 2.75) is 46.6 Å². The molecule has 2 heterocycles. The van der Waals surface area contributed by atoms with Crippen LogP contribution >= 0.6 is 0 Å². The lowest BCUT2D eigenvalue weighted by Crippen LogP contribution is -2.25. The first-order chi connectivity index (χ1) is 17.7. The van der Waals surface area contributed by atoms with E-state index in [4.69, 9.17) is 23.7 Å². The van der Waals surface area contributed by atoms with Crippen LogP contribution in [0.1, 0.15) is 56.9 Å². The predicted molar refractivity (Wildman–Crippen MR) is 145 cm³/mol. The van der Waals surface area contributed by atoms with Crippen molar-refractivity contribution in [3.63, 3.8) is 0 Å². The molecule has 0 bridgehead atoms. The van der Waals surface area contributed by atoms with Gasteiger partial charge in [-0.15, -0.1) is 0 Å². The lowest BCUT2D eigenvalue weighted by Gasteiger charge is -2.34. The molecule has 0 fully saturated rings. The molecule has 0 aliphatic carbocycles. The highest BCUT2D eigenvalue weighted by molar-refractivity contribution is 5.54. The molecule has 192 valence electrons. The molecule has 2 atom stereocenters. The van der Waals surface area contributed by atoms with Gasteiger partial charge >= 0.3 is 0 Å². The van der Waals surface area contributed by atoms with Gasteiger partial charge in [0.1, 0.15) is 23.4 Å². The van der Waals surface area contributed by atoms with Crippen LogP contribution in [0, 0.1) is 5.92 Å². The Bertz CT molecular complexity index is 1100. The smallest absolute Gasteiger partial charge is 0.231 e. The molecule has 0 saturated carbocycles. The van der Waals surface area contributed by atoms with Crippen LogP contribution in [0.2, 0.25) is 0 Å². The van der Waals surface area contributed by atoms with E-state index in [1.165, 1.54) is 0 Å². The summed E-state index contributed by atoms with van der Waals surface area (Å²) in [6, 6.07) is 20.2. The summed E-state index contributed by atoms with van der Waals surface area (Å²) in [6.45, 7) is 8.26. The molecule has 0 radical (unpaired) electrons. The molecule has 5 heteroatoms. The maximum absolute atomic E-state index is 6.54. The van der Waals surface area contributed by atoms with Crippen molar-refractivity contribution >= 4 is 6.08 Å². The highest BCUT2D eigenvalue weighted by atomic mass is 16.7. The zero-order chi connectivity index (χ0) is 25.9. The van der Waals surface area contributed by atoms with Gasteiger partial charge in [-0.3, -0.25) is 0 Å². The predicted octanol–water partition coefficient (Wildman–Crippen LogP) is 7.88. The standard InChI is InChI=1S/C27H26O5.2C2H6/c1-28-22-10-6-18(7-11-22)4-3-5-20-14-21-15-25-26(31-17-30-25)16-24(21)32-27(20)19-8-12-23(29-2)13-9-19;2*1-2/h3-4,6-13,15-16,20,27H,5,14,17H2,1-2H3;2*1-2H3/b4-3+;;. The maximum Gasteiger partial charge on any atom is 0.231 e. The summed E-state index contributed by atoms with van der Waals surface area (Å²) >= 11 is 0. The highest BCUT2D eigenvalue weighted by Crippen LogP contribution is 2.46. The molecule has 5 rings (SSSR count). The molecule has 2 unspecified atom stereocenters. The molecular weight excluding hydrogens is 452 g/mol. The third kappa shape index (κ3) is 6.34. The summed E-state index contributed by atoms with van der Waals surface area (Å²) in [5.41, 5.74) is 3.44. The molecule has 0 amide bonds. The SMILES string of the molecule is CC.CC.COc1ccc(/C=C/CC2Cc3cc4c(cc3OC2c2ccc(OC)cc2)OCO4)cc1. The zero-order valence-corrected chi connectivity index (χ0v) is 22.2. The van der Waals surface area contributed by atoms with E-state index in [-0.39, 0.29) is 18.8 Å². The number of allylic oxidation sites excluding steroid dienone is 1. The van der Waals surface area contributed by atoms with E-state index in [9.17, 15) is 0 Å². The third-order valence-electron chi connectivity index (χ3n) is 6.03. The Hall–Kier alpha value is -3.60. The average Bonchev–Trinajstić information content (AvgIpc) is 3.41. The van der Waals surface area contributed by atoms with Crippen molar-refractivity contribution in [2.75, 3.05) is 21.0 Å². The van der Waals surface area contributed by atoms with Crippen LogP contribution in [0.25, 0.3) is 6.08 Å². The summed E-state index contributed by atoms with van der Waals surface area (Å²) in [6.07, 6.45) is 6.10. The minimum atomic E-state index is -0.0608. The second kappa shape index (κ2) is 13.5. The van der Waals surface area contributed by atoms with Gasteiger partial charge in [-0.1, -0.05) is 64.1 Å². The molecule has 0 spiro atoms. The van der Waals surface area contributed by atoms with Crippen LogP contribution in [-0.4, -0.2) is 21.0 Å². The molecule has 0 N–H and O–H groups in total. The third-order valence-corrected chi connectivity index (χ3v) is 6.03. The van der Waals surface area contributed by atoms with Crippen molar-refractivity contribution in [1.82, 2.24) is 0 Å². The van der Waals surface area contributed by atoms with E-state index >= 15 is 0 Å². The summed E-state index contributed by atoms with van der Waals surface area (Å²) in [5, 5.41) is 0. The Morgan fingerprint density at radius 3 is 1.97 bits per heavy atom. The fourth-order valence-electron chi connectivity index (χ4n) is 4.29. The van der Waals surface area contributed by atoms with Gasteiger partial charge in [0.15, 0.2) is 11.5 Å². The van der Waals surface area contributed by atoms with Crippen LogP contribution in [-0.2, 0) is 6.42 Å². The molecule has 36 heavy (non-hydrogen) atoms. The number of hydrogen-bond donors (Lipinski definition) is 0. The molecule has 0 saturated heterocycles. The fourth-order valence-corrected chi connectivity index (χ4v) is 4.29. The average molecular weight is 491 g/mol. The number of benzene rings is 3. The lowest BCUT2D eigenvalue weighted by atomic mass is 9.84. The first-order valence-corrected chi connectivity index (χ1v) is 12.8. The maximum atomic E-state index is 6.54. The van der Waals surface area contributed by atoms with Crippen molar-refractivity contribution < 1.29 is 23.7 Å². The molecule has 3 aromatic carbocycles. The van der Waals surface area contributed by atoms with Crippen LogP contribution in [0.4, 0.5) is 0 Å². The summed E-state index contributed by atoms with van der Waals surface area (Å²) in [5.74, 6) is 4.39. The Morgan fingerprint density at radius 2 is 1.36 bits per heavy atom. The van der Waals surface area contributed by atoms with Crippen molar-refractivity contribution in [2.24, 2.45) is 5.92 Å². The van der Waals surface area contributed by atoms with Crippen LogP contribution in [0.5, 0.6) is 28.7 Å². The summed E-state index contributed by atoms with van der Waals surface area (Å²) in [7, 11) is 3.36. The van der Waals surface area contributed by atoms with E-state index < -0.39 is 0 Å². The minimum absolute atomic E-state index is 0.0608. The fraction of sp³-hybridized carbons (Fsp3) is 0.355. The van der Waals surface area contributed by atoms with Crippen molar-refractivity contribution in [3.05, 3.63) is 83.4 Å². The van der Waals surface area contributed by atoms with Gasteiger partial charge in [-0.05, 0) is 59.9 Å². The largest absolute Gasteiger partial charge is 0.497 e. The summed E-state index contributed by atoms with van der Waals surface area (Å²) < 4.78 is 28.2. The topological polar surface area (TPSA) is 46.2 Å². The Morgan fingerprint density at radius 1 is 0.778 bits per heavy atom. The Kier molecular flexibility index (Phi) is 10.1. The van der Waals surface area contributed by atoms with Crippen LogP contribution < -0.4 is 23.7 Å². The number of fused-ring (bicyclic) bond motifs is 2. The van der Waals surface area contributed by atoms with Gasteiger partial charge in [0, 0.05) is 12.0 Å². The van der Waals surface area contributed by atoms with E-state index in [0.29, 0.717) is 0 Å². The first kappa shape index (κ1) is 27.0. The van der Waals surface area contributed by atoms with E-state index in [1.54, 1.807) is 14.2 Å². The zero-order valence-electron chi connectivity index (χ0n) is 22.2. The highest BCUT2D eigenvalue weighted by Gasteiger charge is 2.32. The minimum Gasteiger partial charge on any atom is -0.497 e. The van der Waals surface area contributed by atoms with Gasteiger partial charge < -0.3 is 23.7 Å². The van der Waals surface area contributed by atoms with E-state index in [0.717, 1.165) is 58.3 Å². The van der Waals surface area contributed by atoms with Gasteiger partial charge in [0.25, 0.3) is 0 Å². The molecule has 2 aliphatic rings. The second-order valence-corrected chi connectivity index (χ2v) is 8.00. The van der Waals surface area contributed by atoms with E-state index in [2.05, 4.69) is 42.5 Å². The van der Waals surface area contributed by atoms with Crippen molar-refractivity contribution in [1.29, 1.82) is 0 Å². The van der Waals surface area contributed by atoms with Gasteiger partial charge in [0.05, 0.1) is 14.2 Å². The quantitative estimate of drug-likeness (QED) is 0.352. The van der Waals surface area contributed by atoms with Crippen molar-refractivity contribution in [3.8, 4) is 28.7 Å². The molecule has 2 aliphatic heterocycles. The number of ether oxygens (including phenoxy) is 5. The van der Waals surface area contributed by atoms with Gasteiger partial charge in [-0.25, -0.2) is 0 Å². The molecule has 3 aromatic rings. The molecule has 0 aromatic heterocycles. The van der Waals surface area contributed by atoms with Gasteiger partial charge in [0.2, 0.25) is 6.79 Å². The lowest BCUT2D eigenvalue weighted by molar-refractivity contribution is 0.114. The number of methoxy groups -OCH3 is 2. The Labute approximate surface area is 215 Å². The molecule has 5 nitrogen and oxygen atoms in total. The normalized spacial score (nSPS) is 17.1. The Balaban J connectivity index is 0.000000861. The van der Waals surface area contributed by atoms with Gasteiger partial charge in [-0.2, -0.15) is 0 Å². The van der Waals surface area contributed by atoms with Crippen LogP contribution in [0.3, 0.4) is 0 Å².